The number of amides is 2. The molecule has 0 bridgehead atoms. The predicted molar refractivity (Wildman–Crippen MR) is 65.9 cm³/mol. The molecule has 1 aromatic heterocycles. The van der Waals surface area contributed by atoms with Crippen LogP contribution in [0.15, 0.2) is 6.07 Å². The fourth-order valence-corrected chi connectivity index (χ4v) is 1.72. The number of nitrogens with one attached hydrogen (secondary N) is 2. The van der Waals surface area contributed by atoms with Crippen molar-refractivity contribution in [3.8, 4) is 0 Å². The number of hydrogen-bond acceptors (Lipinski definition) is 7. The lowest BCUT2D eigenvalue weighted by molar-refractivity contribution is -0.132. The zero-order chi connectivity index (χ0) is 13.3. The van der Waals surface area contributed by atoms with Crippen LogP contribution in [-0.2, 0) is 9.59 Å². The minimum Gasteiger partial charge on any atom is -0.373 e. The maximum absolute atomic E-state index is 11.6. The van der Waals surface area contributed by atoms with Crippen LogP contribution < -0.4 is 21.3 Å². The molecule has 2 heterocycles. The molecule has 0 aliphatic carbocycles. The highest BCUT2D eigenvalue weighted by atomic mass is 16.2. The Balaban J connectivity index is 2.37. The Hall–Kier alpha value is -2.38. The minimum atomic E-state index is -0.485. The molecule has 2 amide bonds. The number of carbonyl (C=O) groups is 2. The number of aromatic nitrogens is 2. The quantitative estimate of drug-likeness (QED) is 0.574. The smallest absolute Gasteiger partial charge is 0.249 e. The van der Waals surface area contributed by atoms with Crippen molar-refractivity contribution in [1.29, 1.82) is 0 Å². The van der Waals surface area contributed by atoms with Crippen LogP contribution >= 0.6 is 0 Å². The van der Waals surface area contributed by atoms with Crippen LogP contribution in [0.25, 0.3) is 0 Å². The van der Waals surface area contributed by atoms with Gasteiger partial charge in [0.1, 0.15) is 17.7 Å². The third-order valence-electron chi connectivity index (χ3n) is 2.70. The van der Waals surface area contributed by atoms with Gasteiger partial charge in [0.2, 0.25) is 17.8 Å². The SMILES string of the molecule is CNc1cc(N2CC(=O)NC(=O)C2C)nc(N)n1. The molecule has 1 fully saturated rings. The number of imide groups is 1. The van der Waals surface area contributed by atoms with Gasteiger partial charge in [-0.2, -0.15) is 9.97 Å². The molecular formula is C10H14N6O2. The van der Waals surface area contributed by atoms with E-state index in [0.717, 1.165) is 0 Å². The van der Waals surface area contributed by atoms with Crippen LogP contribution in [0, 0.1) is 0 Å². The molecule has 96 valence electrons. The lowest BCUT2D eigenvalue weighted by atomic mass is 10.2. The van der Waals surface area contributed by atoms with E-state index in [0.29, 0.717) is 11.6 Å². The monoisotopic (exact) mass is 250 g/mol. The van der Waals surface area contributed by atoms with Crippen molar-refractivity contribution in [3.63, 3.8) is 0 Å². The topological polar surface area (TPSA) is 113 Å². The Labute approximate surface area is 104 Å². The first kappa shape index (κ1) is 12.1. The lowest BCUT2D eigenvalue weighted by Gasteiger charge is -2.32. The molecule has 18 heavy (non-hydrogen) atoms. The number of piperazine rings is 1. The molecule has 8 heteroatoms. The summed E-state index contributed by atoms with van der Waals surface area (Å²) >= 11 is 0. The lowest BCUT2D eigenvalue weighted by Crippen LogP contribution is -2.57. The molecule has 0 saturated carbocycles. The summed E-state index contributed by atoms with van der Waals surface area (Å²) in [5.74, 6) is 0.351. The van der Waals surface area contributed by atoms with Gasteiger partial charge in [0.25, 0.3) is 0 Å². The first-order valence-electron chi connectivity index (χ1n) is 5.44. The first-order chi connectivity index (χ1) is 8.51. The van der Waals surface area contributed by atoms with Crippen molar-refractivity contribution >= 4 is 29.4 Å². The fraction of sp³-hybridized carbons (Fsp3) is 0.400. The van der Waals surface area contributed by atoms with Crippen LogP contribution in [0.2, 0.25) is 0 Å². The molecule has 1 atom stereocenters. The molecule has 1 unspecified atom stereocenters. The minimum absolute atomic E-state index is 0.0620. The van der Waals surface area contributed by atoms with Crippen LogP contribution in [0.5, 0.6) is 0 Å². The van der Waals surface area contributed by atoms with Crippen LogP contribution in [-0.4, -0.2) is 41.4 Å². The second-order valence-corrected chi connectivity index (χ2v) is 3.94. The van der Waals surface area contributed by atoms with E-state index in [1.54, 1.807) is 24.9 Å². The zero-order valence-electron chi connectivity index (χ0n) is 10.1. The van der Waals surface area contributed by atoms with E-state index in [1.165, 1.54) is 0 Å². The predicted octanol–water partition coefficient (Wildman–Crippen LogP) is -1.05. The summed E-state index contributed by atoms with van der Waals surface area (Å²) in [5, 5.41) is 5.10. The summed E-state index contributed by atoms with van der Waals surface area (Å²) in [7, 11) is 1.70. The standard InChI is InChI=1S/C10H14N6O2/c1-5-9(18)15-8(17)4-16(5)7-3-6(12-2)13-10(11)14-7/h3,5H,4H2,1-2H3,(H,15,17,18)(H3,11,12,13,14). The normalized spacial score (nSPS) is 19.7. The van der Waals surface area contributed by atoms with Crippen LogP contribution in [0.1, 0.15) is 6.92 Å². The molecule has 1 aliphatic heterocycles. The van der Waals surface area contributed by atoms with Gasteiger partial charge in [0.05, 0.1) is 6.54 Å². The van der Waals surface area contributed by atoms with Gasteiger partial charge in [-0.3, -0.25) is 14.9 Å². The van der Waals surface area contributed by atoms with E-state index < -0.39 is 6.04 Å². The second kappa shape index (κ2) is 4.47. The van der Waals surface area contributed by atoms with E-state index in [-0.39, 0.29) is 24.3 Å². The van der Waals surface area contributed by atoms with Crippen molar-refractivity contribution in [1.82, 2.24) is 15.3 Å². The maximum Gasteiger partial charge on any atom is 0.249 e. The summed E-state index contributed by atoms with van der Waals surface area (Å²) in [6.45, 7) is 1.76. The Morgan fingerprint density at radius 1 is 1.50 bits per heavy atom. The molecule has 8 nitrogen and oxygen atoms in total. The molecule has 2 rings (SSSR count). The highest BCUT2D eigenvalue weighted by Crippen LogP contribution is 2.20. The van der Waals surface area contributed by atoms with Gasteiger partial charge in [0.15, 0.2) is 0 Å². The number of anilines is 3. The summed E-state index contributed by atoms with van der Waals surface area (Å²) in [5.41, 5.74) is 5.58. The van der Waals surface area contributed by atoms with E-state index in [9.17, 15) is 9.59 Å². The van der Waals surface area contributed by atoms with Gasteiger partial charge in [-0.15, -0.1) is 0 Å². The van der Waals surface area contributed by atoms with Crippen molar-refractivity contribution in [2.75, 3.05) is 29.5 Å². The fourth-order valence-electron chi connectivity index (χ4n) is 1.72. The van der Waals surface area contributed by atoms with Crippen molar-refractivity contribution in [2.45, 2.75) is 13.0 Å². The van der Waals surface area contributed by atoms with Gasteiger partial charge >= 0.3 is 0 Å². The van der Waals surface area contributed by atoms with Gasteiger partial charge in [-0.1, -0.05) is 0 Å². The van der Waals surface area contributed by atoms with Gasteiger partial charge < -0.3 is 16.0 Å². The van der Waals surface area contributed by atoms with E-state index in [1.807, 2.05) is 0 Å². The summed E-state index contributed by atoms with van der Waals surface area (Å²) < 4.78 is 0. The number of nitrogens with zero attached hydrogens (tertiary/aromatic N) is 3. The molecule has 4 N–H and O–H groups in total. The number of carbonyl (C=O) groups excluding carboxylic acids is 2. The Morgan fingerprint density at radius 2 is 2.22 bits per heavy atom. The average Bonchev–Trinajstić information content (AvgIpc) is 2.32. The summed E-state index contributed by atoms with van der Waals surface area (Å²) in [6.07, 6.45) is 0. The zero-order valence-corrected chi connectivity index (χ0v) is 10.1. The molecule has 1 aromatic rings. The number of rotatable bonds is 2. The van der Waals surface area contributed by atoms with E-state index >= 15 is 0 Å². The van der Waals surface area contributed by atoms with Gasteiger partial charge in [0, 0.05) is 13.1 Å². The van der Waals surface area contributed by atoms with Gasteiger partial charge in [-0.25, -0.2) is 0 Å². The molecule has 0 radical (unpaired) electrons. The summed E-state index contributed by atoms with van der Waals surface area (Å²) in [4.78, 5) is 32.5. The van der Waals surface area contributed by atoms with E-state index in [4.69, 9.17) is 5.73 Å². The Bertz CT molecular complexity index is 503. The highest BCUT2D eigenvalue weighted by Gasteiger charge is 2.31. The van der Waals surface area contributed by atoms with Crippen LogP contribution in [0.4, 0.5) is 17.6 Å². The molecule has 1 saturated heterocycles. The highest BCUT2D eigenvalue weighted by molar-refractivity contribution is 6.04. The summed E-state index contributed by atoms with van der Waals surface area (Å²) in [6, 6.07) is 1.15. The number of hydrogen-bond donors (Lipinski definition) is 3. The largest absolute Gasteiger partial charge is 0.373 e. The average molecular weight is 250 g/mol. The Kier molecular flexibility index (Phi) is 3.00. The molecule has 1 aliphatic rings. The van der Waals surface area contributed by atoms with E-state index in [2.05, 4.69) is 20.6 Å². The third kappa shape index (κ3) is 2.17. The molecule has 0 spiro atoms. The van der Waals surface area contributed by atoms with Crippen LogP contribution in [0.3, 0.4) is 0 Å². The first-order valence-corrected chi connectivity index (χ1v) is 5.44. The third-order valence-corrected chi connectivity index (χ3v) is 2.70. The number of nitrogen functional groups attached to an aromatic ring is 1. The van der Waals surface area contributed by atoms with Crippen molar-refractivity contribution in [3.05, 3.63) is 6.07 Å². The second-order valence-electron chi connectivity index (χ2n) is 3.94. The number of nitrogens with two attached hydrogens (primary N) is 1. The Morgan fingerprint density at radius 3 is 2.89 bits per heavy atom. The molecular weight excluding hydrogens is 236 g/mol. The maximum atomic E-state index is 11.6. The van der Waals surface area contributed by atoms with Crippen molar-refractivity contribution < 1.29 is 9.59 Å². The molecule has 0 aromatic carbocycles. The van der Waals surface area contributed by atoms with Crippen molar-refractivity contribution in [2.24, 2.45) is 0 Å². The van der Waals surface area contributed by atoms with Gasteiger partial charge in [-0.05, 0) is 6.92 Å².